The van der Waals surface area contributed by atoms with Crippen LogP contribution in [-0.4, -0.2) is 18.1 Å². The number of hydrogen-bond acceptors (Lipinski definition) is 4. The van der Waals surface area contributed by atoms with Crippen molar-refractivity contribution >= 4 is 5.97 Å². The van der Waals surface area contributed by atoms with Crippen molar-refractivity contribution in [1.82, 2.24) is 4.98 Å². The van der Waals surface area contributed by atoms with E-state index in [0.717, 1.165) is 5.56 Å². The highest BCUT2D eigenvalue weighted by Gasteiger charge is 2.11. The summed E-state index contributed by atoms with van der Waals surface area (Å²) < 4.78 is 4.53. The molecule has 0 unspecified atom stereocenters. The third-order valence-corrected chi connectivity index (χ3v) is 1.94. The van der Waals surface area contributed by atoms with E-state index in [1.165, 1.54) is 7.11 Å². The molecule has 1 heterocycles. The van der Waals surface area contributed by atoms with Crippen LogP contribution in [0, 0.1) is 18.3 Å². The zero-order chi connectivity index (χ0) is 10.6. The number of aromatic nitrogens is 1. The molecule has 0 saturated carbocycles. The molecular weight excluding hydrogens is 180 g/mol. The van der Waals surface area contributed by atoms with E-state index in [1.807, 2.05) is 13.0 Å². The quantitative estimate of drug-likeness (QED) is 0.652. The number of esters is 1. The molecule has 0 amide bonds. The van der Waals surface area contributed by atoms with Gasteiger partial charge in [-0.1, -0.05) is 0 Å². The number of rotatable bonds is 2. The molecule has 0 N–H and O–H groups in total. The smallest absolute Gasteiger partial charge is 0.310 e. The molecule has 0 radical (unpaired) electrons. The van der Waals surface area contributed by atoms with Gasteiger partial charge in [0.15, 0.2) is 0 Å². The van der Waals surface area contributed by atoms with Crippen LogP contribution in [0.25, 0.3) is 0 Å². The van der Waals surface area contributed by atoms with Crippen LogP contribution in [0.1, 0.15) is 16.8 Å². The van der Waals surface area contributed by atoms with Gasteiger partial charge < -0.3 is 4.74 Å². The van der Waals surface area contributed by atoms with Crippen molar-refractivity contribution in [3.8, 4) is 6.07 Å². The maximum absolute atomic E-state index is 11.0. The molecule has 0 bridgehead atoms. The van der Waals surface area contributed by atoms with E-state index in [9.17, 15) is 4.79 Å². The van der Waals surface area contributed by atoms with Gasteiger partial charge >= 0.3 is 5.97 Å². The number of carbonyl (C=O) groups excluding carboxylic acids is 1. The molecular formula is C10H10N2O2. The number of nitriles is 1. The molecule has 72 valence electrons. The summed E-state index contributed by atoms with van der Waals surface area (Å²) >= 11 is 0. The number of ether oxygens (including phenoxy) is 1. The van der Waals surface area contributed by atoms with Crippen molar-refractivity contribution in [3.05, 3.63) is 29.1 Å². The number of methoxy groups -OCH3 is 1. The SMILES string of the molecule is COC(=O)Cc1c(C)ccnc1C#N. The standard InChI is InChI=1S/C10H10N2O2/c1-7-3-4-12-9(6-11)8(7)5-10(13)14-2/h3-4H,5H2,1-2H3. The number of nitrogens with zero attached hydrogens (tertiary/aromatic N) is 2. The van der Waals surface area contributed by atoms with Crippen LogP contribution in [0.15, 0.2) is 12.3 Å². The highest BCUT2D eigenvalue weighted by Crippen LogP contribution is 2.11. The summed E-state index contributed by atoms with van der Waals surface area (Å²) in [6.45, 7) is 1.83. The van der Waals surface area contributed by atoms with Gasteiger partial charge in [-0.05, 0) is 18.6 Å². The largest absolute Gasteiger partial charge is 0.469 e. The van der Waals surface area contributed by atoms with Gasteiger partial charge in [-0.25, -0.2) is 4.98 Å². The van der Waals surface area contributed by atoms with E-state index >= 15 is 0 Å². The minimum atomic E-state index is -0.363. The minimum absolute atomic E-state index is 0.0963. The molecule has 4 nitrogen and oxygen atoms in total. The predicted molar refractivity (Wildman–Crippen MR) is 49.4 cm³/mol. The second-order valence-electron chi connectivity index (χ2n) is 2.82. The van der Waals surface area contributed by atoms with E-state index < -0.39 is 0 Å². The molecule has 0 saturated heterocycles. The fraction of sp³-hybridized carbons (Fsp3) is 0.300. The van der Waals surface area contributed by atoms with Crippen LogP contribution in [0.3, 0.4) is 0 Å². The Hall–Kier alpha value is -1.89. The molecule has 1 aromatic rings. The number of pyridine rings is 1. The third-order valence-electron chi connectivity index (χ3n) is 1.94. The van der Waals surface area contributed by atoms with Crippen LogP contribution in [0.2, 0.25) is 0 Å². The Morgan fingerprint density at radius 1 is 1.71 bits per heavy atom. The molecule has 0 aromatic carbocycles. The van der Waals surface area contributed by atoms with Gasteiger partial charge in [-0.15, -0.1) is 0 Å². The van der Waals surface area contributed by atoms with E-state index in [-0.39, 0.29) is 18.1 Å². The molecule has 0 aliphatic carbocycles. The van der Waals surface area contributed by atoms with Crippen molar-refractivity contribution in [2.75, 3.05) is 7.11 Å². The second-order valence-corrected chi connectivity index (χ2v) is 2.82. The van der Waals surface area contributed by atoms with Crippen molar-refractivity contribution in [3.63, 3.8) is 0 Å². The van der Waals surface area contributed by atoms with Gasteiger partial charge in [0.25, 0.3) is 0 Å². The first-order valence-electron chi connectivity index (χ1n) is 4.10. The molecule has 1 aromatic heterocycles. The number of hydrogen-bond donors (Lipinski definition) is 0. The third kappa shape index (κ3) is 2.07. The van der Waals surface area contributed by atoms with Crippen molar-refractivity contribution in [2.45, 2.75) is 13.3 Å². The lowest BCUT2D eigenvalue weighted by Crippen LogP contribution is -2.08. The predicted octanol–water partition coefficient (Wildman–Crippen LogP) is 0.977. The lowest BCUT2D eigenvalue weighted by Gasteiger charge is -2.04. The first-order valence-corrected chi connectivity index (χ1v) is 4.10. The topological polar surface area (TPSA) is 63.0 Å². The molecule has 0 aliphatic rings. The summed E-state index contributed by atoms with van der Waals surface area (Å²) in [6.07, 6.45) is 1.65. The summed E-state index contributed by atoms with van der Waals surface area (Å²) in [7, 11) is 1.32. The first-order chi connectivity index (χ1) is 6.69. The average Bonchev–Trinajstić information content (AvgIpc) is 2.20. The van der Waals surface area contributed by atoms with Crippen molar-refractivity contribution in [2.24, 2.45) is 0 Å². The zero-order valence-electron chi connectivity index (χ0n) is 8.07. The normalized spacial score (nSPS) is 9.21. The van der Waals surface area contributed by atoms with E-state index in [4.69, 9.17) is 5.26 Å². The summed E-state index contributed by atoms with van der Waals surface area (Å²) in [6, 6.07) is 3.71. The molecule has 0 spiro atoms. The fourth-order valence-electron chi connectivity index (χ4n) is 1.12. The molecule has 0 aliphatic heterocycles. The van der Waals surface area contributed by atoms with Crippen molar-refractivity contribution in [1.29, 1.82) is 5.26 Å². The summed E-state index contributed by atoms with van der Waals surface area (Å²) in [5, 5.41) is 8.76. The fourth-order valence-corrected chi connectivity index (χ4v) is 1.12. The summed E-state index contributed by atoms with van der Waals surface area (Å²) in [5.41, 5.74) is 1.80. The van der Waals surface area contributed by atoms with E-state index in [2.05, 4.69) is 9.72 Å². The van der Waals surface area contributed by atoms with Gasteiger partial charge in [0, 0.05) is 11.8 Å². The molecule has 4 heteroatoms. The Labute approximate surface area is 82.1 Å². The molecule has 0 atom stereocenters. The highest BCUT2D eigenvalue weighted by molar-refractivity contribution is 5.73. The van der Waals surface area contributed by atoms with Gasteiger partial charge in [-0.3, -0.25) is 4.79 Å². The lowest BCUT2D eigenvalue weighted by atomic mass is 10.1. The van der Waals surface area contributed by atoms with Gasteiger partial charge in [0.05, 0.1) is 13.5 Å². The molecule has 14 heavy (non-hydrogen) atoms. The van der Waals surface area contributed by atoms with E-state index in [0.29, 0.717) is 5.56 Å². The summed E-state index contributed by atoms with van der Waals surface area (Å²) in [4.78, 5) is 14.9. The maximum Gasteiger partial charge on any atom is 0.310 e. The zero-order valence-corrected chi connectivity index (χ0v) is 8.07. The number of aryl methyl sites for hydroxylation is 1. The molecule has 1 rings (SSSR count). The Balaban J connectivity index is 3.06. The minimum Gasteiger partial charge on any atom is -0.469 e. The highest BCUT2D eigenvalue weighted by atomic mass is 16.5. The van der Waals surface area contributed by atoms with Crippen LogP contribution in [0.5, 0.6) is 0 Å². The van der Waals surface area contributed by atoms with Crippen LogP contribution in [0.4, 0.5) is 0 Å². The molecule has 0 fully saturated rings. The maximum atomic E-state index is 11.0. The number of carbonyl (C=O) groups is 1. The lowest BCUT2D eigenvalue weighted by molar-refractivity contribution is -0.139. The van der Waals surface area contributed by atoms with Gasteiger partial charge in [0.2, 0.25) is 0 Å². The van der Waals surface area contributed by atoms with Crippen LogP contribution < -0.4 is 0 Å². The Bertz CT molecular complexity index is 394. The van der Waals surface area contributed by atoms with Gasteiger partial charge in [0.1, 0.15) is 11.8 Å². The second kappa shape index (κ2) is 4.38. The Kier molecular flexibility index (Phi) is 3.19. The summed E-state index contributed by atoms with van der Waals surface area (Å²) in [5.74, 6) is -0.363. The van der Waals surface area contributed by atoms with Crippen LogP contribution >= 0.6 is 0 Å². The van der Waals surface area contributed by atoms with Crippen molar-refractivity contribution < 1.29 is 9.53 Å². The Morgan fingerprint density at radius 3 is 3.00 bits per heavy atom. The van der Waals surface area contributed by atoms with Crippen LogP contribution in [-0.2, 0) is 16.0 Å². The first kappa shape index (κ1) is 10.2. The monoisotopic (exact) mass is 190 g/mol. The average molecular weight is 190 g/mol. The Morgan fingerprint density at radius 2 is 2.43 bits per heavy atom. The van der Waals surface area contributed by atoms with Gasteiger partial charge in [-0.2, -0.15) is 5.26 Å². The van der Waals surface area contributed by atoms with E-state index in [1.54, 1.807) is 12.3 Å².